The molecule has 0 spiro atoms. The molecule has 0 saturated heterocycles. The molecule has 1 rings (SSSR count). The van der Waals surface area contributed by atoms with Crippen LogP contribution in [0.15, 0.2) is 18.2 Å². The average molecular weight is 293 g/mol. The van der Waals surface area contributed by atoms with Crippen LogP contribution < -0.4 is 5.32 Å². The number of pyridine rings is 1. The van der Waals surface area contributed by atoms with Crippen LogP contribution in [0.2, 0.25) is 0 Å². The Morgan fingerprint density at radius 3 is 2.71 bits per heavy atom. The predicted molar refractivity (Wildman–Crippen MR) is 79.9 cm³/mol. The highest BCUT2D eigenvalue weighted by molar-refractivity contribution is 5.74. The third kappa shape index (κ3) is 6.25. The Hall–Kier alpha value is -2.11. The summed E-state index contributed by atoms with van der Waals surface area (Å²) in [7, 11) is 0. The van der Waals surface area contributed by atoms with Gasteiger partial charge < -0.3 is 15.3 Å². The Morgan fingerprint density at radius 1 is 1.43 bits per heavy atom. The normalized spacial score (nSPS) is 11.8. The summed E-state index contributed by atoms with van der Waals surface area (Å²) in [4.78, 5) is 28.7. The maximum absolute atomic E-state index is 12.1. The average Bonchev–Trinajstić information content (AvgIpc) is 2.41. The fraction of sp³-hybridized carbons (Fsp3) is 0.533. The third-order valence-electron chi connectivity index (χ3n) is 3.09. The van der Waals surface area contributed by atoms with Crippen molar-refractivity contribution in [3.05, 3.63) is 29.6 Å². The van der Waals surface area contributed by atoms with Crippen molar-refractivity contribution in [1.82, 2.24) is 15.2 Å². The fourth-order valence-corrected chi connectivity index (χ4v) is 1.95. The molecule has 1 aromatic rings. The molecule has 0 aromatic carbocycles. The minimum atomic E-state index is -0.854. The Bertz CT molecular complexity index is 491. The topological polar surface area (TPSA) is 82.5 Å². The summed E-state index contributed by atoms with van der Waals surface area (Å²) in [5.74, 6) is -0.949. The number of rotatable bonds is 7. The van der Waals surface area contributed by atoms with E-state index in [-0.39, 0.29) is 18.4 Å². The van der Waals surface area contributed by atoms with Crippen molar-refractivity contribution in [2.75, 3.05) is 13.1 Å². The van der Waals surface area contributed by atoms with Crippen molar-refractivity contribution in [3.63, 3.8) is 0 Å². The van der Waals surface area contributed by atoms with Crippen LogP contribution in [-0.4, -0.2) is 40.1 Å². The molecule has 0 radical (unpaired) electrons. The number of nitrogens with one attached hydrogen (secondary N) is 1. The minimum absolute atomic E-state index is 0.0475. The maximum atomic E-state index is 12.1. The lowest BCUT2D eigenvalue weighted by Crippen LogP contribution is -2.41. The molecule has 6 nitrogen and oxygen atoms in total. The highest BCUT2D eigenvalue weighted by Crippen LogP contribution is 2.05. The van der Waals surface area contributed by atoms with Gasteiger partial charge in [0, 0.05) is 25.2 Å². The van der Waals surface area contributed by atoms with Crippen LogP contribution in [0.4, 0.5) is 4.79 Å². The number of aryl methyl sites for hydroxylation is 1. The van der Waals surface area contributed by atoms with Gasteiger partial charge in [0.05, 0.1) is 12.2 Å². The van der Waals surface area contributed by atoms with Gasteiger partial charge in [0.1, 0.15) is 0 Å². The molecule has 1 aromatic heterocycles. The number of carbonyl (C=O) groups is 2. The molecule has 2 N–H and O–H groups in total. The first kappa shape index (κ1) is 16.9. The predicted octanol–water partition coefficient (Wildman–Crippen LogP) is 2.03. The number of amides is 2. The molecule has 0 fully saturated rings. The number of hydrogen-bond acceptors (Lipinski definition) is 3. The summed E-state index contributed by atoms with van der Waals surface area (Å²) < 4.78 is 0. The molecule has 6 heteroatoms. The van der Waals surface area contributed by atoms with E-state index in [9.17, 15) is 9.59 Å². The van der Waals surface area contributed by atoms with E-state index in [1.54, 1.807) is 11.8 Å². The maximum Gasteiger partial charge on any atom is 0.317 e. The number of aliphatic carboxylic acids is 1. The van der Waals surface area contributed by atoms with E-state index in [1.807, 2.05) is 32.0 Å². The zero-order chi connectivity index (χ0) is 15.8. The Kier molecular flexibility index (Phi) is 6.65. The van der Waals surface area contributed by atoms with Crippen LogP contribution in [-0.2, 0) is 11.3 Å². The van der Waals surface area contributed by atoms with Crippen molar-refractivity contribution >= 4 is 12.0 Å². The summed E-state index contributed by atoms with van der Waals surface area (Å²) in [6.45, 7) is 6.96. The number of carboxylic acids is 1. The molecule has 1 unspecified atom stereocenters. The van der Waals surface area contributed by atoms with E-state index in [1.165, 1.54) is 0 Å². The molecule has 0 aliphatic rings. The SMILES string of the molecule is CCN(Cc1cccc(C)n1)C(=O)NCC(C)CC(=O)O. The van der Waals surface area contributed by atoms with Crippen molar-refractivity contribution in [3.8, 4) is 0 Å². The monoisotopic (exact) mass is 293 g/mol. The van der Waals surface area contributed by atoms with E-state index in [0.717, 1.165) is 11.4 Å². The summed E-state index contributed by atoms with van der Waals surface area (Å²) in [6, 6.07) is 5.51. The molecule has 1 atom stereocenters. The molecule has 0 saturated carbocycles. The van der Waals surface area contributed by atoms with Gasteiger partial charge in [0.2, 0.25) is 0 Å². The molecule has 0 aliphatic carbocycles. The van der Waals surface area contributed by atoms with E-state index in [4.69, 9.17) is 5.11 Å². The van der Waals surface area contributed by atoms with Gasteiger partial charge in [-0.15, -0.1) is 0 Å². The van der Waals surface area contributed by atoms with Gasteiger partial charge in [0.15, 0.2) is 0 Å². The van der Waals surface area contributed by atoms with Gasteiger partial charge in [-0.25, -0.2) is 4.79 Å². The number of carbonyl (C=O) groups excluding carboxylic acids is 1. The van der Waals surface area contributed by atoms with E-state index < -0.39 is 5.97 Å². The zero-order valence-corrected chi connectivity index (χ0v) is 12.8. The van der Waals surface area contributed by atoms with Crippen molar-refractivity contribution in [2.24, 2.45) is 5.92 Å². The van der Waals surface area contributed by atoms with Crippen LogP contribution in [0.3, 0.4) is 0 Å². The van der Waals surface area contributed by atoms with Crippen LogP contribution in [0.1, 0.15) is 31.7 Å². The first-order valence-corrected chi connectivity index (χ1v) is 7.09. The summed E-state index contributed by atoms with van der Waals surface area (Å²) in [5, 5.41) is 11.5. The molecular formula is C15H23N3O3. The van der Waals surface area contributed by atoms with Crippen LogP contribution in [0.5, 0.6) is 0 Å². The van der Waals surface area contributed by atoms with Crippen molar-refractivity contribution in [2.45, 2.75) is 33.7 Å². The van der Waals surface area contributed by atoms with Gasteiger partial charge in [-0.2, -0.15) is 0 Å². The third-order valence-corrected chi connectivity index (χ3v) is 3.09. The second-order valence-electron chi connectivity index (χ2n) is 5.17. The van der Waals surface area contributed by atoms with E-state index >= 15 is 0 Å². The highest BCUT2D eigenvalue weighted by atomic mass is 16.4. The van der Waals surface area contributed by atoms with Gasteiger partial charge in [-0.05, 0) is 31.9 Å². The second kappa shape index (κ2) is 8.24. The largest absolute Gasteiger partial charge is 0.481 e. The van der Waals surface area contributed by atoms with E-state index in [0.29, 0.717) is 19.6 Å². The fourth-order valence-electron chi connectivity index (χ4n) is 1.95. The number of urea groups is 1. The standard InChI is InChI=1S/C15H23N3O3/c1-4-18(10-13-7-5-6-12(3)17-13)15(21)16-9-11(2)8-14(19)20/h5-7,11H,4,8-10H2,1-3H3,(H,16,21)(H,19,20). The van der Waals surface area contributed by atoms with Gasteiger partial charge in [-0.3, -0.25) is 9.78 Å². The molecule has 0 bridgehead atoms. The van der Waals surface area contributed by atoms with Crippen LogP contribution >= 0.6 is 0 Å². The Morgan fingerprint density at radius 2 is 2.14 bits per heavy atom. The van der Waals surface area contributed by atoms with Crippen molar-refractivity contribution in [1.29, 1.82) is 0 Å². The van der Waals surface area contributed by atoms with Crippen LogP contribution in [0.25, 0.3) is 0 Å². The van der Waals surface area contributed by atoms with E-state index in [2.05, 4.69) is 10.3 Å². The number of hydrogen-bond donors (Lipinski definition) is 2. The summed E-state index contributed by atoms with van der Waals surface area (Å²) in [5.41, 5.74) is 1.75. The lowest BCUT2D eigenvalue weighted by Gasteiger charge is -2.22. The van der Waals surface area contributed by atoms with Gasteiger partial charge >= 0.3 is 12.0 Å². The second-order valence-corrected chi connectivity index (χ2v) is 5.17. The lowest BCUT2D eigenvalue weighted by atomic mass is 10.1. The minimum Gasteiger partial charge on any atom is -0.481 e. The number of carboxylic acid groups (broad SMARTS) is 1. The van der Waals surface area contributed by atoms with Gasteiger partial charge in [0.25, 0.3) is 0 Å². The first-order chi connectivity index (χ1) is 9.92. The smallest absolute Gasteiger partial charge is 0.317 e. The first-order valence-electron chi connectivity index (χ1n) is 7.09. The zero-order valence-electron chi connectivity index (χ0n) is 12.8. The highest BCUT2D eigenvalue weighted by Gasteiger charge is 2.14. The summed E-state index contributed by atoms with van der Waals surface area (Å²) in [6.07, 6.45) is 0.0475. The molecule has 21 heavy (non-hydrogen) atoms. The Balaban J connectivity index is 2.51. The molecule has 0 aliphatic heterocycles. The number of nitrogens with zero attached hydrogens (tertiary/aromatic N) is 2. The van der Waals surface area contributed by atoms with Gasteiger partial charge in [-0.1, -0.05) is 13.0 Å². The number of aromatic nitrogens is 1. The molecule has 1 heterocycles. The Labute approximate surface area is 125 Å². The lowest BCUT2D eigenvalue weighted by molar-refractivity contribution is -0.137. The molecule has 2 amide bonds. The summed E-state index contributed by atoms with van der Waals surface area (Å²) >= 11 is 0. The van der Waals surface area contributed by atoms with Crippen molar-refractivity contribution < 1.29 is 14.7 Å². The van der Waals surface area contributed by atoms with Crippen LogP contribution in [0, 0.1) is 12.8 Å². The quantitative estimate of drug-likeness (QED) is 0.806. The molecule has 116 valence electrons. The molecular weight excluding hydrogens is 270 g/mol.